The van der Waals surface area contributed by atoms with Crippen molar-refractivity contribution in [3.8, 4) is 0 Å². The molecule has 22 heavy (non-hydrogen) atoms. The Morgan fingerprint density at radius 1 is 1.05 bits per heavy atom. The molecule has 0 radical (unpaired) electrons. The molecule has 0 aliphatic rings. The molecular weight excluding hydrogens is 279 g/mol. The minimum absolute atomic E-state index is 0.121. The van der Waals surface area contributed by atoms with E-state index in [-0.39, 0.29) is 23.8 Å². The molecule has 0 aromatic heterocycles. The number of hydrogen-bond donors (Lipinski definition) is 2. The highest BCUT2D eigenvalue weighted by Gasteiger charge is 2.19. The van der Waals surface area contributed by atoms with E-state index in [0.717, 1.165) is 5.56 Å². The lowest BCUT2D eigenvalue weighted by atomic mass is 10.0. The monoisotopic (exact) mass is 300 g/mol. The topological polar surface area (TPSA) is 41.1 Å². The normalized spacial score (nSPS) is 12.2. The molecule has 0 saturated carbocycles. The SMILES string of the molecule is CC(C)N[C@@H](Cc1ccccc1)C(=O)Nc1ccc(F)cc1. The van der Waals surface area contributed by atoms with Crippen molar-refractivity contribution in [1.29, 1.82) is 0 Å². The fourth-order valence-corrected chi connectivity index (χ4v) is 2.24. The van der Waals surface area contributed by atoms with E-state index >= 15 is 0 Å². The van der Waals surface area contributed by atoms with E-state index in [0.29, 0.717) is 12.1 Å². The molecule has 0 fully saturated rings. The predicted octanol–water partition coefficient (Wildman–Crippen LogP) is 3.37. The first-order valence-electron chi connectivity index (χ1n) is 7.41. The molecule has 0 aliphatic carbocycles. The summed E-state index contributed by atoms with van der Waals surface area (Å²) in [5.41, 5.74) is 1.69. The molecule has 3 nitrogen and oxygen atoms in total. The number of amides is 1. The number of carbonyl (C=O) groups excluding carboxylic acids is 1. The van der Waals surface area contributed by atoms with Crippen molar-refractivity contribution in [2.24, 2.45) is 0 Å². The summed E-state index contributed by atoms with van der Waals surface area (Å²) in [5, 5.41) is 6.10. The van der Waals surface area contributed by atoms with Crippen LogP contribution in [0.3, 0.4) is 0 Å². The van der Waals surface area contributed by atoms with Crippen LogP contribution in [0.15, 0.2) is 54.6 Å². The van der Waals surface area contributed by atoms with E-state index < -0.39 is 0 Å². The third kappa shape index (κ3) is 4.97. The summed E-state index contributed by atoms with van der Waals surface area (Å²) < 4.78 is 12.9. The molecule has 0 saturated heterocycles. The van der Waals surface area contributed by atoms with E-state index in [1.807, 2.05) is 44.2 Å². The Kier molecular flexibility index (Phi) is 5.67. The lowest BCUT2D eigenvalue weighted by molar-refractivity contribution is -0.118. The van der Waals surface area contributed by atoms with E-state index in [4.69, 9.17) is 0 Å². The summed E-state index contributed by atoms with van der Waals surface area (Å²) in [6.07, 6.45) is 0.603. The van der Waals surface area contributed by atoms with Crippen molar-refractivity contribution in [3.05, 3.63) is 66.0 Å². The third-order valence-corrected chi connectivity index (χ3v) is 3.25. The Bertz CT molecular complexity index is 596. The van der Waals surface area contributed by atoms with Gasteiger partial charge in [0.25, 0.3) is 0 Å². The first kappa shape index (κ1) is 16.2. The largest absolute Gasteiger partial charge is 0.325 e. The first-order chi connectivity index (χ1) is 10.5. The fourth-order valence-electron chi connectivity index (χ4n) is 2.24. The van der Waals surface area contributed by atoms with E-state index in [9.17, 15) is 9.18 Å². The van der Waals surface area contributed by atoms with Gasteiger partial charge in [0.05, 0.1) is 6.04 Å². The highest BCUT2D eigenvalue weighted by atomic mass is 19.1. The van der Waals surface area contributed by atoms with Gasteiger partial charge in [-0.2, -0.15) is 0 Å². The average molecular weight is 300 g/mol. The smallest absolute Gasteiger partial charge is 0.241 e. The third-order valence-electron chi connectivity index (χ3n) is 3.25. The van der Waals surface area contributed by atoms with Crippen LogP contribution in [0.1, 0.15) is 19.4 Å². The van der Waals surface area contributed by atoms with Crippen molar-refractivity contribution >= 4 is 11.6 Å². The summed E-state index contributed by atoms with van der Waals surface area (Å²) >= 11 is 0. The molecule has 116 valence electrons. The van der Waals surface area contributed by atoms with E-state index in [1.54, 1.807) is 12.1 Å². The van der Waals surface area contributed by atoms with Crippen LogP contribution in [0.2, 0.25) is 0 Å². The van der Waals surface area contributed by atoms with Crippen LogP contribution >= 0.6 is 0 Å². The lowest BCUT2D eigenvalue weighted by Gasteiger charge is -2.21. The zero-order valence-corrected chi connectivity index (χ0v) is 12.8. The number of rotatable bonds is 6. The van der Waals surface area contributed by atoms with Gasteiger partial charge >= 0.3 is 0 Å². The highest BCUT2D eigenvalue weighted by Crippen LogP contribution is 2.11. The number of anilines is 1. The van der Waals surface area contributed by atoms with Gasteiger partial charge < -0.3 is 10.6 Å². The maximum atomic E-state index is 12.9. The molecule has 1 atom stereocenters. The molecule has 2 rings (SSSR count). The van der Waals surface area contributed by atoms with Crippen molar-refractivity contribution < 1.29 is 9.18 Å². The molecule has 1 amide bonds. The maximum absolute atomic E-state index is 12.9. The molecule has 2 aromatic carbocycles. The highest BCUT2D eigenvalue weighted by molar-refractivity contribution is 5.95. The summed E-state index contributed by atoms with van der Waals surface area (Å²) in [5.74, 6) is -0.441. The van der Waals surface area contributed by atoms with Gasteiger partial charge in [0.2, 0.25) is 5.91 Å². The van der Waals surface area contributed by atoms with Crippen molar-refractivity contribution in [3.63, 3.8) is 0 Å². The maximum Gasteiger partial charge on any atom is 0.241 e. The second kappa shape index (κ2) is 7.71. The summed E-state index contributed by atoms with van der Waals surface area (Å²) in [6, 6.07) is 15.5. The number of hydrogen-bond acceptors (Lipinski definition) is 2. The number of halogens is 1. The van der Waals surface area contributed by atoms with Crippen LogP contribution in [0, 0.1) is 5.82 Å². The van der Waals surface area contributed by atoms with Crippen LogP contribution in [-0.2, 0) is 11.2 Å². The zero-order chi connectivity index (χ0) is 15.9. The summed E-state index contributed by atoms with van der Waals surface area (Å²) in [7, 11) is 0. The van der Waals surface area contributed by atoms with Crippen molar-refractivity contribution in [1.82, 2.24) is 5.32 Å². The molecule has 0 spiro atoms. The van der Waals surface area contributed by atoms with Crippen LogP contribution < -0.4 is 10.6 Å². The number of carbonyl (C=O) groups is 1. The van der Waals surface area contributed by atoms with Crippen LogP contribution in [-0.4, -0.2) is 18.0 Å². The van der Waals surface area contributed by atoms with Gasteiger partial charge in [-0.1, -0.05) is 44.2 Å². The molecule has 0 aliphatic heterocycles. The standard InChI is InChI=1S/C18H21FN2O/c1-13(2)20-17(12-14-6-4-3-5-7-14)18(22)21-16-10-8-15(19)9-11-16/h3-11,13,17,20H,12H2,1-2H3,(H,21,22)/t17-/m0/s1. The van der Waals surface area contributed by atoms with Gasteiger partial charge in [-0.05, 0) is 36.2 Å². The van der Waals surface area contributed by atoms with Crippen molar-refractivity contribution in [2.75, 3.05) is 5.32 Å². The average Bonchev–Trinajstić information content (AvgIpc) is 2.49. The molecule has 0 unspecified atom stereocenters. The second-order valence-corrected chi connectivity index (χ2v) is 5.56. The summed E-state index contributed by atoms with van der Waals surface area (Å²) in [4.78, 5) is 12.5. The quantitative estimate of drug-likeness (QED) is 0.859. The zero-order valence-electron chi connectivity index (χ0n) is 12.8. The van der Waals surface area contributed by atoms with Gasteiger partial charge in [0, 0.05) is 11.7 Å². The van der Waals surface area contributed by atoms with Gasteiger partial charge in [-0.25, -0.2) is 4.39 Å². The Balaban J connectivity index is 2.07. The van der Waals surface area contributed by atoms with Gasteiger partial charge in [0.15, 0.2) is 0 Å². The number of nitrogens with one attached hydrogen (secondary N) is 2. The predicted molar refractivity (Wildman–Crippen MR) is 87.2 cm³/mol. The first-order valence-corrected chi connectivity index (χ1v) is 7.41. The van der Waals surface area contributed by atoms with Crippen LogP contribution in [0.4, 0.5) is 10.1 Å². The van der Waals surface area contributed by atoms with E-state index in [1.165, 1.54) is 12.1 Å². The van der Waals surface area contributed by atoms with Crippen molar-refractivity contribution in [2.45, 2.75) is 32.4 Å². The molecule has 2 N–H and O–H groups in total. The Morgan fingerprint density at radius 2 is 1.68 bits per heavy atom. The van der Waals surface area contributed by atoms with E-state index in [2.05, 4.69) is 10.6 Å². The van der Waals surface area contributed by atoms with Gasteiger partial charge in [-0.15, -0.1) is 0 Å². The molecule has 2 aromatic rings. The molecular formula is C18H21FN2O. The summed E-state index contributed by atoms with van der Waals surface area (Å²) in [6.45, 7) is 4.01. The molecule has 0 heterocycles. The van der Waals surface area contributed by atoms with Crippen LogP contribution in [0.25, 0.3) is 0 Å². The molecule has 4 heteroatoms. The Hall–Kier alpha value is -2.20. The Labute approximate surface area is 130 Å². The minimum atomic E-state index is -0.340. The number of benzene rings is 2. The second-order valence-electron chi connectivity index (χ2n) is 5.56. The fraction of sp³-hybridized carbons (Fsp3) is 0.278. The Morgan fingerprint density at radius 3 is 2.27 bits per heavy atom. The van der Waals surface area contributed by atoms with Gasteiger partial charge in [0.1, 0.15) is 5.82 Å². The minimum Gasteiger partial charge on any atom is -0.325 e. The molecule has 0 bridgehead atoms. The van der Waals surface area contributed by atoms with Gasteiger partial charge in [-0.3, -0.25) is 4.79 Å². The van der Waals surface area contributed by atoms with Crippen LogP contribution in [0.5, 0.6) is 0 Å². The lowest BCUT2D eigenvalue weighted by Crippen LogP contribution is -2.45.